The molecule has 0 heterocycles. The highest BCUT2D eigenvalue weighted by atomic mass is 16.6. The van der Waals surface area contributed by atoms with E-state index in [2.05, 4.69) is 0 Å². The average molecular weight is 254 g/mol. The standard InChI is InChI=1S/C7H10O10/c8-1-2(9)5(13,4(11)12)7(16,17)6(14,15)3(1)10/h3,8-10,13-17H,(H,11,12). The number of hydrogen-bond donors (Lipinski definition) is 9. The van der Waals surface area contributed by atoms with Gasteiger partial charge in [-0.2, -0.15) is 0 Å². The molecule has 0 saturated carbocycles. The summed E-state index contributed by atoms with van der Waals surface area (Å²) in [5.74, 6) is -14.5. The average Bonchev–Trinajstić information content (AvgIpc) is 2.22. The van der Waals surface area contributed by atoms with Crippen LogP contribution in [0.2, 0.25) is 0 Å². The maximum Gasteiger partial charge on any atom is 0.349 e. The van der Waals surface area contributed by atoms with E-state index in [1.54, 1.807) is 0 Å². The molecule has 17 heavy (non-hydrogen) atoms. The lowest BCUT2D eigenvalue weighted by molar-refractivity contribution is -0.426. The molecule has 1 aliphatic carbocycles. The Morgan fingerprint density at radius 3 is 1.82 bits per heavy atom. The number of rotatable bonds is 1. The lowest BCUT2D eigenvalue weighted by Crippen LogP contribution is -2.78. The van der Waals surface area contributed by atoms with Crippen LogP contribution in [0.25, 0.3) is 0 Å². The summed E-state index contributed by atoms with van der Waals surface area (Å²) >= 11 is 0. The first-order valence-electron chi connectivity index (χ1n) is 4.08. The molecular formula is C7H10O10. The molecule has 2 unspecified atom stereocenters. The molecule has 0 bridgehead atoms. The second-order valence-electron chi connectivity index (χ2n) is 3.55. The number of carboxylic acid groups (broad SMARTS) is 1. The molecular weight excluding hydrogens is 244 g/mol. The first-order valence-corrected chi connectivity index (χ1v) is 4.08. The number of aliphatic carboxylic acids is 1. The molecule has 0 aromatic heterocycles. The molecule has 1 aliphatic rings. The van der Waals surface area contributed by atoms with E-state index in [-0.39, 0.29) is 0 Å². The topological polar surface area (TPSA) is 199 Å². The van der Waals surface area contributed by atoms with Gasteiger partial charge in [0, 0.05) is 0 Å². The third kappa shape index (κ3) is 1.27. The Bertz CT molecular complexity index is 395. The Hall–Kier alpha value is -1.43. The van der Waals surface area contributed by atoms with Crippen molar-refractivity contribution in [2.75, 3.05) is 0 Å². The van der Waals surface area contributed by atoms with Gasteiger partial charge >= 0.3 is 5.97 Å². The predicted octanol–water partition coefficient (Wildman–Crippen LogP) is -4.13. The largest absolute Gasteiger partial charge is 0.506 e. The molecule has 0 spiro atoms. The molecule has 0 aromatic rings. The van der Waals surface area contributed by atoms with Gasteiger partial charge in [-0.3, -0.25) is 0 Å². The Kier molecular flexibility index (Phi) is 2.64. The molecule has 98 valence electrons. The number of carbonyl (C=O) groups is 1. The van der Waals surface area contributed by atoms with E-state index >= 15 is 0 Å². The highest BCUT2D eigenvalue weighted by Gasteiger charge is 2.75. The zero-order valence-electron chi connectivity index (χ0n) is 8.01. The van der Waals surface area contributed by atoms with E-state index in [1.165, 1.54) is 0 Å². The minimum atomic E-state index is -4.28. The lowest BCUT2D eigenvalue weighted by Gasteiger charge is -2.47. The van der Waals surface area contributed by atoms with Crippen LogP contribution in [0, 0.1) is 0 Å². The summed E-state index contributed by atoms with van der Waals surface area (Å²) in [6.45, 7) is 0. The SMILES string of the molecule is O=C(O)C1(O)C(O)=C(O)C(O)C(O)(O)C1(O)O. The van der Waals surface area contributed by atoms with Crippen molar-refractivity contribution < 1.29 is 50.8 Å². The fourth-order valence-corrected chi connectivity index (χ4v) is 1.38. The summed E-state index contributed by atoms with van der Waals surface area (Å²) < 4.78 is 0. The quantitative estimate of drug-likeness (QED) is 0.207. The van der Waals surface area contributed by atoms with Gasteiger partial charge in [-0.1, -0.05) is 0 Å². The summed E-state index contributed by atoms with van der Waals surface area (Å²) in [7, 11) is 0. The monoisotopic (exact) mass is 254 g/mol. The van der Waals surface area contributed by atoms with Crippen molar-refractivity contribution >= 4 is 5.97 Å². The van der Waals surface area contributed by atoms with Crippen molar-refractivity contribution in [3.05, 3.63) is 11.5 Å². The van der Waals surface area contributed by atoms with Gasteiger partial charge in [0.2, 0.25) is 0 Å². The van der Waals surface area contributed by atoms with E-state index in [0.717, 1.165) is 0 Å². The smallest absolute Gasteiger partial charge is 0.349 e. The number of aliphatic hydroxyl groups is 8. The lowest BCUT2D eigenvalue weighted by atomic mass is 9.76. The summed E-state index contributed by atoms with van der Waals surface area (Å²) in [5.41, 5.74) is -4.03. The van der Waals surface area contributed by atoms with Crippen LogP contribution in [0.4, 0.5) is 0 Å². The molecule has 0 aromatic carbocycles. The molecule has 0 saturated heterocycles. The van der Waals surface area contributed by atoms with Gasteiger partial charge in [0.15, 0.2) is 17.6 Å². The van der Waals surface area contributed by atoms with E-state index in [1.807, 2.05) is 0 Å². The summed E-state index contributed by atoms with van der Waals surface area (Å²) in [5, 5.41) is 81.7. The van der Waals surface area contributed by atoms with E-state index in [4.69, 9.17) is 30.6 Å². The van der Waals surface area contributed by atoms with Crippen molar-refractivity contribution in [1.29, 1.82) is 0 Å². The number of aliphatic hydroxyl groups excluding tert-OH is 3. The Balaban J connectivity index is 3.66. The minimum absolute atomic E-state index is 1.72. The zero-order chi connectivity index (χ0) is 13.8. The molecule has 0 fully saturated rings. The molecule has 9 N–H and O–H groups in total. The Morgan fingerprint density at radius 1 is 1.06 bits per heavy atom. The van der Waals surface area contributed by atoms with Crippen LogP contribution in [0.15, 0.2) is 11.5 Å². The minimum Gasteiger partial charge on any atom is -0.506 e. The Morgan fingerprint density at radius 2 is 1.47 bits per heavy atom. The van der Waals surface area contributed by atoms with Crippen LogP contribution >= 0.6 is 0 Å². The molecule has 10 nitrogen and oxygen atoms in total. The van der Waals surface area contributed by atoms with Crippen LogP contribution in [0.5, 0.6) is 0 Å². The normalized spacial score (nSPS) is 35.8. The maximum absolute atomic E-state index is 10.7. The number of hydrogen-bond acceptors (Lipinski definition) is 9. The molecule has 1 rings (SSSR count). The van der Waals surface area contributed by atoms with E-state index in [9.17, 15) is 20.1 Å². The van der Waals surface area contributed by atoms with Crippen LogP contribution in [0.1, 0.15) is 0 Å². The first kappa shape index (κ1) is 13.6. The van der Waals surface area contributed by atoms with Crippen LogP contribution in [-0.4, -0.2) is 75.2 Å². The van der Waals surface area contributed by atoms with Gasteiger partial charge in [-0.25, -0.2) is 4.79 Å². The van der Waals surface area contributed by atoms with E-state index in [0.29, 0.717) is 0 Å². The fraction of sp³-hybridized carbons (Fsp3) is 0.571. The molecule has 0 radical (unpaired) electrons. The van der Waals surface area contributed by atoms with Gasteiger partial charge in [-0.15, -0.1) is 0 Å². The van der Waals surface area contributed by atoms with Crippen LogP contribution in [-0.2, 0) is 4.79 Å². The van der Waals surface area contributed by atoms with Crippen molar-refractivity contribution in [3.63, 3.8) is 0 Å². The number of carboxylic acids is 1. The fourth-order valence-electron chi connectivity index (χ4n) is 1.38. The third-order valence-electron chi connectivity index (χ3n) is 2.55. The zero-order valence-corrected chi connectivity index (χ0v) is 8.01. The summed E-state index contributed by atoms with van der Waals surface area (Å²) in [6, 6.07) is 0. The first-order chi connectivity index (χ1) is 7.42. The highest BCUT2D eigenvalue weighted by molar-refractivity contribution is 5.83. The van der Waals surface area contributed by atoms with Gasteiger partial charge in [-0.05, 0) is 0 Å². The second kappa shape index (κ2) is 3.29. The van der Waals surface area contributed by atoms with Crippen molar-refractivity contribution in [1.82, 2.24) is 0 Å². The molecule has 2 atom stereocenters. The van der Waals surface area contributed by atoms with Gasteiger partial charge < -0.3 is 46.0 Å². The molecule has 0 amide bonds. The molecule has 10 heteroatoms. The van der Waals surface area contributed by atoms with Gasteiger partial charge in [0.25, 0.3) is 17.2 Å². The van der Waals surface area contributed by atoms with Crippen molar-refractivity contribution in [3.8, 4) is 0 Å². The highest BCUT2D eigenvalue weighted by Crippen LogP contribution is 2.43. The van der Waals surface area contributed by atoms with E-state index < -0.39 is 40.8 Å². The summed E-state index contributed by atoms with van der Waals surface area (Å²) in [4.78, 5) is 10.7. The molecule has 0 aliphatic heterocycles. The van der Waals surface area contributed by atoms with Gasteiger partial charge in [0.1, 0.15) is 0 Å². The maximum atomic E-state index is 10.7. The Labute approximate surface area is 92.5 Å². The van der Waals surface area contributed by atoms with Crippen molar-refractivity contribution in [2.24, 2.45) is 0 Å². The van der Waals surface area contributed by atoms with Gasteiger partial charge in [0.05, 0.1) is 0 Å². The van der Waals surface area contributed by atoms with Crippen molar-refractivity contribution in [2.45, 2.75) is 23.3 Å². The predicted molar refractivity (Wildman–Crippen MR) is 45.2 cm³/mol. The summed E-state index contributed by atoms with van der Waals surface area (Å²) in [6.07, 6.45) is -2.84. The van der Waals surface area contributed by atoms with Crippen LogP contribution in [0.3, 0.4) is 0 Å². The third-order valence-corrected chi connectivity index (χ3v) is 2.55. The second-order valence-corrected chi connectivity index (χ2v) is 3.55. The van der Waals surface area contributed by atoms with Crippen LogP contribution < -0.4 is 0 Å².